The number of carbonyl (C=O) groups excluding carboxylic acids is 3. The molecule has 0 saturated heterocycles. The van der Waals surface area contributed by atoms with Crippen LogP contribution in [0.3, 0.4) is 0 Å². The average molecular weight is 384 g/mol. The van der Waals surface area contributed by atoms with Crippen LogP contribution in [0.1, 0.15) is 42.2 Å². The Hall–Kier alpha value is -3.73. The van der Waals surface area contributed by atoms with E-state index in [0.29, 0.717) is 30.6 Å². The highest BCUT2D eigenvalue weighted by atomic mass is 16.2. The van der Waals surface area contributed by atoms with Gasteiger partial charge in [0.1, 0.15) is 0 Å². The smallest absolute Gasteiger partial charge is 0.261 e. The molecule has 0 fully saturated rings. The van der Waals surface area contributed by atoms with E-state index in [9.17, 15) is 14.4 Å². The summed E-state index contributed by atoms with van der Waals surface area (Å²) in [6.45, 7) is 0.707. The van der Waals surface area contributed by atoms with Crippen LogP contribution in [0.5, 0.6) is 0 Å². The minimum Gasteiger partial charge on any atom is -0.348 e. The summed E-state index contributed by atoms with van der Waals surface area (Å²) in [5.41, 5.74) is 3.05. The molecule has 3 aromatic carbocycles. The molecule has 1 heterocycles. The quantitative estimate of drug-likeness (QED) is 0.662. The van der Waals surface area contributed by atoms with Gasteiger partial charge >= 0.3 is 0 Å². The van der Waals surface area contributed by atoms with Crippen molar-refractivity contribution in [2.45, 2.75) is 13.0 Å². The van der Waals surface area contributed by atoms with Gasteiger partial charge in [-0.25, -0.2) is 0 Å². The van der Waals surface area contributed by atoms with Crippen molar-refractivity contribution in [2.75, 3.05) is 6.54 Å². The maximum Gasteiger partial charge on any atom is 0.261 e. The first-order valence-corrected chi connectivity index (χ1v) is 9.50. The topological polar surface area (TPSA) is 66.5 Å². The molecule has 0 radical (unpaired) electrons. The second-order valence-corrected chi connectivity index (χ2v) is 6.93. The number of imide groups is 1. The largest absolute Gasteiger partial charge is 0.348 e. The molecule has 1 aliphatic rings. The van der Waals surface area contributed by atoms with E-state index in [4.69, 9.17) is 0 Å². The van der Waals surface area contributed by atoms with Crippen molar-refractivity contribution in [2.24, 2.45) is 0 Å². The van der Waals surface area contributed by atoms with Crippen molar-refractivity contribution < 1.29 is 14.4 Å². The average Bonchev–Trinajstić information content (AvgIpc) is 3.01. The number of nitrogens with one attached hydrogen (secondary N) is 1. The van der Waals surface area contributed by atoms with E-state index in [-0.39, 0.29) is 23.3 Å². The lowest BCUT2D eigenvalue weighted by Crippen LogP contribution is -2.31. The van der Waals surface area contributed by atoms with Crippen LogP contribution in [0.15, 0.2) is 78.9 Å². The molecule has 29 heavy (non-hydrogen) atoms. The van der Waals surface area contributed by atoms with Gasteiger partial charge in [-0.3, -0.25) is 19.3 Å². The highest BCUT2D eigenvalue weighted by Crippen LogP contribution is 2.24. The molecule has 0 saturated carbocycles. The van der Waals surface area contributed by atoms with E-state index in [1.165, 1.54) is 11.0 Å². The maximum atomic E-state index is 12.8. The van der Waals surface area contributed by atoms with Crippen molar-refractivity contribution in [3.63, 3.8) is 0 Å². The maximum absolute atomic E-state index is 12.8. The molecule has 0 spiro atoms. The van der Waals surface area contributed by atoms with Crippen LogP contribution in [-0.4, -0.2) is 29.2 Å². The van der Waals surface area contributed by atoms with Gasteiger partial charge in [-0.15, -0.1) is 0 Å². The molecule has 0 bridgehead atoms. The minimum atomic E-state index is -0.348. The van der Waals surface area contributed by atoms with Gasteiger partial charge in [-0.2, -0.15) is 0 Å². The zero-order valence-corrected chi connectivity index (χ0v) is 15.8. The lowest BCUT2D eigenvalue weighted by Gasteiger charge is -2.13. The second-order valence-electron chi connectivity index (χ2n) is 6.93. The molecule has 1 N–H and O–H groups in total. The predicted octanol–water partition coefficient (Wildman–Crippen LogP) is 3.46. The Labute approximate surface area is 169 Å². The predicted molar refractivity (Wildman–Crippen MR) is 110 cm³/mol. The summed E-state index contributed by atoms with van der Waals surface area (Å²) in [7, 11) is 0. The zero-order valence-electron chi connectivity index (χ0n) is 15.8. The van der Waals surface area contributed by atoms with Gasteiger partial charge in [0.25, 0.3) is 17.7 Å². The number of fused-ring (bicyclic) bond motifs is 1. The van der Waals surface area contributed by atoms with E-state index in [0.717, 1.165) is 11.1 Å². The SMILES string of the molecule is O=C(NCc1ccccc1)c1ccc2c(c1)C(=O)N(CCc1ccccc1)C2=O. The van der Waals surface area contributed by atoms with E-state index in [1.54, 1.807) is 12.1 Å². The van der Waals surface area contributed by atoms with Crippen LogP contribution < -0.4 is 5.32 Å². The Morgan fingerprint density at radius 1 is 0.759 bits per heavy atom. The lowest BCUT2D eigenvalue weighted by molar-refractivity contribution is 0.0656. The highest BCUT2D eigenvalue weighted by Gasteiger charge is 2.35. The number of nitrogens with zero attached hydrogens (tertiary/aromatic N) is 1. The van der Waals surface area contributed by atoms with Crippen molar-refractivity contribution in [3.05, 3.63) is 107 Å². The number of hydrogen-bond donors (Lipinski definition) is 1. The first kappa shape index (κ1) is 18.6. The third-order valence-corrected chi connectivity index (χ3v) is 5.00. The fraction of sp³-hybridized carbons (Fsp3) is 0.125. The Morgan fingerprint density at radius 2 is 1.38 bits per heavy atom. The third kappa shape index (κ3) is 3.94. The number of hydrogen-bond acceptors (Lipinski definition) is 3. The van der Waals surface area contributed by atoms with E-state index < -0.39 is 0 Å². The molecule has 5 heteroatoms. The van der Waals surface area contributed by atoms with Crippen molar-refractivity contribution >= 4 is 17.7 Å². The van der Waals surface area contributed by atoms with Gasteiger partial charge in [0.2, 0.25) is 0 Å². The van der Waals surface area contributed by atoms with Crippen molar-refractivity contribution in [1.82, 2.24) is 10.2 Å². The van der Waals surface area contributed by atoms with Crippen LogP contribution in [-0.2, 0) is 13.0 Å². The normalized spacial score (nSPS) is 12.8. The Kier molecular flexibility index (Phi) is 5.20. The molecule has 0 aliphatic carbocycles. The van der Waals surface area contributed by atoms with Crippen LogP contribution >= 0.6 is 0 Å². The first-order chi connectivity index (χ1) is 14.1. The fourth-order valence-corrected chi connectivity index (χ4v) is 3.40. The number of benzene rings is 3. The van der Waals surface area contributed by atoms with Crippen LogP contribution in [0.4, 0.5) is 0 Å². The molecule has 4 rings (SSSR count). The standard InChI is InChI=1S/C24H20N2O3/c27-22(25-16-18-9-5-2-6-10-18)19-11-12-20-21(15-19)24(29)26(23(20)28)14-13-17-7-3-1-4-8-17/h1-12,15H,13-14,16H2,(H,25,27). The molecule has 0 unspecified atom stereocenters. The van der Waals surface area contributed by atoms with Gasteiger partial charge in [0.15, 0.2) is 0 Å². The van der Waals surface area contributed by atoms with Gasteiger partial charge in [0, 0.05) is 18.7 Å². The van der Waals surface area contributed by atoms with E-state index in [1.807, 2.05) is 60.7 Å². The summed E-state index contributed by atoms with van der Waals surface area (Å²) in [6, 6.07) is 24.0. The molecule has 0 atom stereocenters. The molecular weight excluding hydrogens is 364 g/mol. The van der Waals surface area contributed by atoms with Gasteiger partial charge in [-0.1, -0.05) is 60.7 Å². The molecule has 3 aromatic rings. The van der Waals surface area contributed by atoms with Crippen molar-refractivity contribution in [3.8, 4) is 0 Å². The fourth-order valence-electron chi connectivity index (χ4n) is 3.40. The summed E-state index contributed by atoms with van der Waals surface area (Å²) < 4.78 is 0. The molecule has 5 nitrogen and oxygen atoms in total. The summed E-state index contributed by atoms with van der Waals surface area (Å²) in [5, 5.41) is 2.84. The van der Waals surface area contributed by atoms with Crippen LogP contribution in [0.25, 0.3) is 0 Å². The molecule has 144 valence electrons. The number of carbonyl (C=O) groups is 3. The molecule has 3 amide bonds. The van der Waals surface area contributed by atoms with Crippen LogP contribution in [0, 0.1) is 0 Å². The molecular formula is C24H20N2O3. The van der Waals surface area contributed by atoms with Crippen molar-refractivity contribution in [1.29, 1.82) is 0 Å². The lowest BCUT2D eigenvalue weighted by atomic mass is 10.1. The highest BCUT2D eigenvalue weighted by molar-refractivity contribution is 6.22. The minimum absolute atomic E-state index is 0.278. The number of amides is 3. The first-order valence-electron chi connectivity index (χ1n) is 9.50. The summed E-state index contributed by atoms with van der Waals surface area (Å²) in [6.07, 6.45) is 0.594. The monoisotopic (exact) mass is 384 g/mol. The third-order valence-electron chi connectivity index (χ3n) is 5.00. The Balaban J connectivity index is 1.45. The summed E-state index contributed by atoms with van der Waals surface area (Å²) >= 11 is 0. The van der Waals surface area contributed by atoms with E-state index >= 15 is 0 Å². The van der Waals surface area contributed by atoms with Gasteiger partial charge < -0.3 is 5.32 Å². The molecule has 1 aliphatic heterocycles. The van der Waals surface area contributed by atoms with Gasteiger partial charge in [-0.05, 0) is 35.7 Å². The van der Waals surface area contributed by atoms with Crippen LogP contribution in [0.2, 0.25) is 0 Å². The Morgan fingerprint density at radius 3 is 2.07 bits per heavy atom. The van der Waals surface area contributed by atoms with Gasteiger partial charge in [0.05, 0.1) is 11.1 Å². The summed E-state index contributed by atoms with van der Waals surface area (Å²) in [5.74, 6) is -0.935. The summed E-state index contributed by atoms with van der Waals surface area (Å²) in [4.78, 5) is 39.1. The zero-order chi connectivity index (χ0) is 20.2. The molecule has 0 aromatic heterocycles. The Bertz CT molecular complexity index is 1060. The number of rotatable bonds is 6. The second kappa shape index (κ2) is 8.10. The van der Waals surface area contributed by atoms with E-state index in [2.05, 4.69) is 5.32 Å².